The SMILES string of the molecule is Cc1[nH]nc2c1C(c1ccccc1OCc1ccccc1)CC(=O)N2. The molecule has 5 nitrogen and oxygen atoms in total. The zero-order valence-electron chi connectivity index (χ0n) is 14.0. The number of fused-ring (bicyclic) bond motifs is 1. The molecule has 2 aromatic carbocycles. The molecule has 1 aliphatic rings. The number of aromatic nitrogens is 2. The monoisotopic (exact) mass is 333 g/mol. The van der Waals surface area contributed by atoms with Gasteiger partial charge in [-0.1, -0.05) is 48.5 Å². The Morgan fingerprint density at radius 3 is 2.72 bits per heavy atom. The quantitative estimate of drug-likeness (QED) is 0.764. The summed E-state index contributed by atoms with van der Waals surface area (Å²) in [6.07, 6.45) is 0.388. The molecule has 0 saturated carbocycles. The Hall–Kier alpha value is -3.08. The van der Waals surface area contributed by atoms with Gasteiger partial charge in [-0.15, -0.1) is 0 Å². The lowest BCUT2D eigenvalue weighted by atomic mass is 9.85. The molecule has 0 spiro atoms. The van der Waals surface area contributed by atoms with Crippen molar-refractivity contribution in [3.63, 3.8) is 0 Å². The number of H-pyrrole nitrogens is 1. The van der Waals surface area contributed by atoms with E-state index < -0.39 is 0 Å². The number of para-hydroxylation sites is 1. The molecule has 5 heteroatoms. The van der Waals surface area contributed by atoms with Gasteiger partial charge in [0.25, 0.3) is 0 Å². The Balaban J connectivity index is 1.67. The molecule has 1 unspecified atom stereocenters. The van der Waals surface area contributed by atoms with Gasteiger partial charge >= 0.3 is 0 Å². The number of hydrogen-bond acceptors (Lipinski definition) is 3. The average Bonchev–Trinajstić information content (AvgIpc) is 3.01. The first-order valence-corrected chi connectivity index (χ1v) is 8.32. The van der Waals surface area contributed by atoms with E-state index in [1.165, 1.54) is 0 Å². The first-order valence-electron chi connectivity index (χ1n) is 8.32. The van der Waals surface area contributed by atoms with Crippen LogP contribution in [0.5, 0.6) is 5.75 Å². The van der Waals surface area contributed by atoms with Crippen LogP contribution in [0.3, 0.4) is 0 Å². The maximum atomic E-state index is 12.1. The number of aromatic amines is 1. The molecule has 4 rings (SSSR count). The number of rotatable bonds is 4. The maximum Gasteiger partial charge on any atom is 0.226 e. The van der Waals surface area contributed by atoms with E-state index in [1.54, 1.807) is 0 Å². The summed E-state index contributed by atoms with van der Waals surface area (Å²) in [7, 11) is 0. The van der Waals surface area contributed by atoms with Crippen LogP contribution < -0.4 is 10.1 Å². The Morgan fingerprint density at radius 2 is 1.88 bits per heavy atom. The Labute approximate surface area is 146 Å². The van der Waals surface area contributed by atoms with E-state index in [9.17, 15) is 4.79 Å². The van der Waals surface area contributed by atoms with Gasteiger partial charge in [0.15, 0.2) is 5.82 Å². The summed E-state index contributed by atoms with van der Waals surface area (Å²) in [5, 5.41) is 10.0. The van der Waals surface area contributed by atoms with E-state index in [0.717, 1.165) is 28.1 Å². The minimum atomic E-state index is -0.0607. The third-order valence-electron chi connectivity index (χ3n) is 4.52. The normalized spacial score (nSPS) is 16.2. The van der Waals surface area contributed by atoms with Crippen LogP contribution >= 0.6 is 0 Å². The first kappa shape index (κ1) is 15.4. The summed E-state index contributed by atoms with van der Waals surface area (Å²) >= 11 is 0. The molecule has 0 radical (unpaired) electrons. The van der Waals surface area contributed by atoms with Crippen molar-refractivity contribution in [2.75, 3.05) is 5.32 Å². The summed E-state index contributed by atoms with van der Waals surface area (Å²) in [6.45, 7) is 2.47. The van der Waals surface area contributed by atoms with E-state index >= 15 is 0 Å². The molecule has 2 N–H and O–H groups in total. The van der Waals surface area contributed by atoms with Crippen LogP contribution in [-0.2, 0) is 11.4 Å². The summed E-state index contributed by atoms with van der Waals surface area (Å²) in [5.41, 5.74) is 4.13. The second-order valence-electron chi connectivity index (χ2n) is 6.23. The van der Waals surface area contributed by atoms with E-state index in [4.69, 9.17) is 4.74 Å². The van der Waals surface area contributed by atoms with Crippen molar-refractivity contribution in [1.82, 2.24) is 10.2 Å². The molecular formula is C20H19N3O2. The smallest absolute Gasteiger partial charge is 0.226 e. The lowest BCUT2D eigenvalue weighted by molar-refractivity contribution is -0.116. The third-order valence-corrected chi connectivity index (χ3v) is 4.52. The van der Waals surface area contributed by atoms with Gasteiger partial charge in [0.2, 0.25) is 5.91 Å². The molecule has 0 fully saturated rings. The predicted molar refractivity (Wildman–Crippen MR) is 95.6 cm³/mol. The van der Waals surface area contributed by atoms with Gasteiger partial charge < -0.3 is 10.1 Å². The van der Waals surface area contributed by atoms with Crippen molar-refractivity contribution in [2.24, 2.45) is 0 Å². The molecule has 1 aromatic heterocycles. The van der Waals surface area contributed by atoms with E-state index in [0.29, 0.717) is 18.8 Å². The third kappa shape index (κ3) is 3.01. The molecule has 3 aromatic rings. The second-order valence-corrected chi connectivity index (χ2v) is 6.23. The van der Waals surface area contributed by atoms with Gasteiger partial charge in [-0.2, -0.15) is 5.10 Å². The van der Waals surface area contributed by atoms with Gasteiger partial charge in [0.1, 0.15) is 12.4 Å². The van der Waals surface area contributed by atoms with Crippen LogP contribution in [0.4, 0.5) is 5.82 Å². The number of nitrogens with zero attached hydrogens (tertiary/aromatic N) is 1. The predicted octanol–water partition coefficient (Wildman–Crippen LogP) is 3.77. The number of nitrogens with one attached hydrogen (secondary N) is 2. The first-order chi connectivity index (χ1) is 12.2. The van der Waals surface area contributed by atoms with Crippen LogP contribution in [0.15, 0.2) is 54.6 Å². The van der Waals surface area contributed by atoms with Crippen LogP contribution in [0.25, 0.3) is 0 Å². The Kier molecular flexibility index (Phi) is 3.98. The number of anilines is 1. The Bertz CT molecular complexity index is 902. The summed E-state index contributed by atoms with van der Waals surface area (Å²) in [4.78, 5) is 12.1. The highest BCUT2D eigenvalue weighted by atomic mass is 16.5. The van der Waals surface area contributed by atoms with Crippen molar-refractivity contribution >= 4 is 11.7 Å². The molecule has 126 valence electrons. The fourth-order valence-electron chi connectivity index (χ4n) is 3.33. The molecule has 1 amide bonds. The van der Waals surface area contributed by atoms with Gasteiger partial charge in [0.05, 0.1) is 0 Å². The standard InChI is InChI=1S/C20H19N3O2/c1-13-19-16(11-18(24)21-20(19)23-22-13)15-9-5-6-10-17(15)25-12-14-7-3-2-4-8-14/h2-10,16H,11-12H2,1H3,(H2,21,22,23,24). The number of benzene rings is 2. The van der Waals surface area contributed by atoms with Gasteiger partial charge in [-0.3, -0.25) is 9.89 Å². The van der Waals surface area contributed by atoms with Gasteiger partial charge in [0, 0.05) is 29.2 Å². The highest BCUT2D eigenvalue weighted by Gasteiger charge is 2.32. The molecule has 0 bridgehead atoms. The highest BCUT2D eigenvalue weighted by Crippen LogP contribution is 2.41. The number of aryl methyl sites for hydroxylation is 1. The molecule has 0 saturated heterocycles. The van der Waals surface area contributed by atoms with Crippen LogP contribution in [0.1, 0.15) is 34.7 Å². The van der Waals surface area contributed by atoms with E-state index in [1.807, 2.05) is 61.5 Å². The van der Waals surface area contributed by atoms with Gasteiger partial charge in [-0.25, -0.2) is 0 Å². The fourth-order valence-corrected chi connectivity index (χ4v) is 3.33. The number of ether oxygens (including phenoxy) is 1. The summed E-state index contributed by atoms with van der Waals surface area (Å²) in [5.74, 6) is 1.34. The fraction of sp³-hybridized carbons (Fsp3) is 0.200. The molecule has 2 heterocycles. The van der Waals surface area contributed by atoms with E-state index in [-0.39, 0.29) is 11.8 Å². The second kappa shape index (κ2) is 6.43. The maximum absolute atomic E-state index is 12.1. The summed E-state index contributed by atoms with van der Waals surface area (Å²) in [6, 6.07) is 18.0. The van der Waals surface area contributed by atoms with Crippen molar-refractivity contribution in [2.45, 2.75) is 25.9 Å². The Morgan fingerprint density at radius 1 is 1.12 bits per heavy atom. The molecule has 1 atom stereocenters. The zero-order chi connectivity index (χ0) is 17.2. The topological polar surface area (TPSA) is 67.0 Å². The highest BCUT2D eigenvalue weighted by molar-refractivity contribution is 5.94. The van der Waals surface area contributed by atoms with Crippen molar-refractivity contribution in [3.05, 3.63) is 77.0 Å². The van der Waals surface area contributed by atoms with Crippen LogP contribution in [-0.4, -0.2) is 16.1 Å². The zero-order valence-corrected chi connectivity index (χ0v) is 14.0. The molecule has 1 aliphatic heterocycles. The minimum absolute atomic E-state index is 0.0261. The van der Waals surface area contributed by atoms with Crippen molar-refractivity contribution in [1.29, 1.82) is 0 Å². The van der Waals surface area contributed by atoms with Crippen molar-refractivity contribution < 1.29 is 9.53 Å². The number of hydrogen-bond donors (Lipinski definition) is 2. The number of carbonyl (C=O) groups excluding carboxylic acids is 1. The molecule has 25 heavy (non-hydrogen) atoms. The number of amides is 1. The van der Waals surface area contributed by atoms with Gasteiger partial charge in [-0.05, 0) is 18.6 Å². The lowest BCUT2D eigenvalue weighted by Crippen LogP contribution is -2.23. The van der Waals surface area contributed by atoms with Crippen LogP contribution in [0.2, 0.25) is 0 Å². The summed E-state index contributed by atoms with van der Waals surface area (Å²) < 4.78 is 6.08. The van der Waals surface area contributed by atoms with Crippen LogP contribution in [0, 0.1) is 6.92 Å². The minimum Gasteiger partial charge on any atom is -0.489 e. The lowest BCUT2D eigenvalue weighted by Gasteiger charge is -2.24. The number of carbonyl (C=O) groups is 1. The average molecular weight is 333 g/mol. The van der Waals surface area contributed by atoms with Crippen molar-refractivity contribution in [3.8, 4) is 5.75 Å². The molecular weight excluding hydrogens is 314 g/mol. The van der Waals surface area contributed by atoms with E-state index in [2.05, 4.69) is 15.5 Å². The largest absolute Gasteiger partial charge is 0.489 e. The molecule has 0 aliphatic carbocycles.